The van der Waals surface area contributed by atoms with Gasteiger partial charge in [0.1, 0.15) is 11.3 Å². The van der Waals surface area contributed by atoms with Gasteiger partial charge in [-0.25, -0.2) is 0 Å². The molecule has 33 heavy (non-hydrogen) atoms. The molecule has 0 spiro atoms. The third-order valence-electron chi connectivity index (χ3n) is 5.76. The van der Waals surface area contributed by atoms with Gasteiger partial charge in [-0.05, 0) is 49.6 Å². The highest BCUT2D eigenvalue weighted by atomic mass is 19.4. The van der Waals surface area contributed by atoms with Crippen LogP contribution in [0, 0.1) is 5.92 Å². The summed E-state index contributed by atoms with van der Waals surface area (Å²) in [6.45, 7) is 3.74. The van der Waals surface area contributed by atoms with Crippen LogP contribution < -0.4 is 14.9 Å². The summed E-state index contributed by atoms with van der Waals surface area (Å²) in [5.74, 6) is -2.24. The molecule has 3 aromatic rings. The Balaban J connectivity index is 1.87. The Hall–Kier alpha value is -3.20. The fourth-order valence-electron chi connectivity index (χ4n) is 4.19. The van der Waals surface area contributed by atoms with Crippen LogP contribution in [0.4, 0.5) is 13.2 Å². The molecular formula is C24H24F3NO5. The average Bonchev–Trinajstić information content (AvgIpc) is 2.77. The number of piperidine rings is 1. The molecule has 4 rings (SSSR count). The summed E-state index contributed by atoms with van der Waals surface area (Å²) < 4.78 is 57.7. The van der Waals surface area contributed by atoms with Crippen molar-refractivity contribution in [1.29, 1.82) is 0 Å². The van der Waals surface area contributed by atoms with Crippen LogP contribution in [0.15, 0.2) is 45.6 Å². The quantitative estimate of drug-likeness (QED) is 0.535. The molecule has 0 amide bonds. The number of ether oxygens (including phenoxy) is 2. The lowest BCUT2D eigenvalue weighted by Gasteiger charge is -2.31. The van der Waals surface area contributed by atoms with Gasteiger partial charge in [0.15, 0.2) is 11.5 Å². The molecule has 1 saturated heterocycles. The second kappa shape index (κ2) is 8.97. The van der Waals surface area contributed by atoms with Gasteiger partial charge in [0.25, 0.3) is 5.76 Å². The summed E-state index contributed by atoms with van der Waals surface area (Å²) in [4.78, 5) is 15.2. The molecule has 0 saturated carbocycles. The Morgan fingerprint density at radius 2 is 1.91 bits per heavy atom. The maximum atomic E-state index is 14.0. The van der Waals surface area contributed by atoms with E-state index in [-0.39, 0.29) is 40.3 Å². The van der Waals surface area contributed by atoms with Crippen LogP contribution in [-0.2, 0) is 12.7 Å². The molecule has 0 unspecified atom stereocenters. The molecule has 0 bridgehead atoms. The first-order valence-corrected chi connectivity index (χ1v) is 10.6. The zero-order valence-electron chi connectivity index (χ0n) is 18.2. The highest BCUT2D eigenvalue weighted by Crippen LogP contribution is 2.41. The summed E-state index contributed by atoms with van der Waals surface area (Å²) in [6, 6.07) is 8.60. The molecule has 1 N–H and O–H groups in total. The van der Waals surface area contributed by atoms with Crippen molar-refractivity contribution in [2.45, 2.75) is 32.5 Å². The van der Waals surface area contributed by atoms with Crippen molar-refractivity contribution in [3.63, 3.8) is 0 Å². The largest absolute Gasteiger partial charge is 0.507 e. The van der Waals surface area contributed by atoms with Gasteiger partial charge >= 0.3 is 6.18 Å². The van der Waals surface area contributed by atoms with Crippen molar-refractivity contribution >= 4 is 11.0 Å². The number of phenols is 1. The van der Waals surface area contributed by atoms with E-state index in [9.17, 15) is 23.1 Å². The third-order valence-corrected chi connectivity index (χ3v) is 5.76. The summed E-state index contributed by atoms with van der Waals surface area (Å²) >= 11 is 0. The molecular weight excluding hydrogens is 439 g/mol. The van der Waals surface area contributed by atoms with E-state index in [1.165, 1.54) is 31.4 Å². The maximum absolute atomic E-state index is 14.0. The van der Waals surface area contributed by atoms with Gasteiger partial charge in [-0.2, -0.15) is 13.2 Å². The number of phenolic OH excluding ortho intramolecular Hbond substituents is 1. The summed E-state index contributed by atoms with van der Waals surface area (Å²) in [6.07, 6.45) is -3.00. The van der Waals surface area contributed by atoms with Gasteiger partial charge < -0.3 is 19.0 Å². The first-order valence-electron chi connectivity index (χ1n) is 10.6. The summed E-state index contributed by atoms with van der Waals surface area (Å²) in [5, 5.41) is 10.3. The number of hydrogen-bond donors (Lipinski definition) is 1. The van der Waals surface area contributed by atoms with E-state index in [0.717, 1.165) is 25.9 Å². The van der Waals surface area contributed by atoms with E-state index in [0.29, 0.717) is 5.92 Å². The number of rotatable bonds is 5. The molecule has 2 heterocycles. The lowest BCUT2D eigenvalue weighted by Crippen LogP contribution is -2.33. The number of nitrogens with zero attached hydrogens (tertiary/aromatic N) is 1. The average molecular weight is 463 g/mol. The zero-order chi connectivity index (χ0) is 23.8. The lowest BCUT2D eigenvalue weighted by molar-refractivity contribution is -0.154. The number of halogens is 3. The number of fused-ring (bicyclic) bond motifs is 1. The van der Waals surface area contributed by atoms with Crippen molar-refractivity contribution in [2.24, 2.45) is 5.92 Å². The second-order valence-electron chi connectivity index (χ2n) is 8.26. The van der Waals surface area contributed by atoms with Gasteiger partial charge in [0, 0.05) is 13.1 Å². The Kier molecular flexibility index (Phi) is 6.25. The molecule has 6 nitrogen and oxygen atoms in total. The van der Waals surface area contributed by atoms with Gasteiger partial charge in [0.2, 0.25) is 11.2 Å². The van der Waals surface area contributed by atoms with Gasteiger partial charge in [0.05, 0.1) is 18.1 Å². The van der Waals surface area contributed by atoms with Crippen LogP contribution >= 0.6 is 0 Å². The number of hydrogen-bond acceptors (Lipinski definition) is 6. The molecule has 1 aromatic heterocycles. The van der Waals surface area contributed by atoms with Gasteiger partial charge in [-0.3, -0.25) is 9.69 Å². The molecule has 176 valence electrons. The van der Waals surface area contributed by atoms with Gasteiger partial charge in [-0.15, -0.1) is 0 Å². The third kappa shape index (κ3) is 4.64. The highest BCUT2D eigenvalue weighted by molar-refractivity contribution is 5.83. The minimum atomic E-state index is -5.01. The Morgan fingerprint density at radius 1 is 1.18 bits per heavy atom. The summed E-state index contributed by atoms with van der Waals surface area (Å²) in [5.41, 5.74) is -1.13. The van der Waals surface area contributed by atoms with E-state index in [1.54, 1.807) is 12.1 Å². The lowest BCUT2D eigenvalue weighted by atomic mass is 9.99. The maximum Gasteiger partial charge on any atom is 0.453 e. The number of likely N-dealkylation sites (tertiary alicyclic amines) is 1. The van der Waals surface area contributed by atoms with Crippen molar-refractivity contribution in [3.8, 4) is 23.0 Å². The minimum Gasteiger partial charge on any atom is -0.507 e. The number of para-hydroxylation sites is 2. The summed E-state index contributed by atoms with van der Waals surface area (Å²) in [7, 11) is 1.34. The molecule has 1 aliphatic rings. The van der Waals surface area contributed by atoms with Crippen LogP contribution in [0.3, 0.4) is 0 Å². The molecule has 2 aromatic carbocycles. The van der Waals surface area contributed by atoms with E-state index < -0.39 is 23.1 Å². The van der Waals surface area contributed by atoms with Crippen molar-refractivity contribution < 1.29 is 32.2 Å². The minimum absolute atomic E-state index is 0.0570. The second-order valence-corrected chi connectivity index (χ2v) is 8.26. The monoisotopic (exact) mass is 463 g/mol. The predicted octanol–water partition coefficient (Wildman–Crippen LogP) is 5.55. The molecule has 9 heteroatoms. The Morgan fingerprint density at radius 3 is 2.58 bits per heavy atom. The van der Waals surface area contributed by atoms with Crippen LogP contribution in [0.1, 0.15) is 31.1 Å². The van der Waals surface area contributed by atoms with Crippen molar-refractivity contribution in [2.75, 3.05) is 20.2 Å². The van der Waals surface area contributed by atoms with Gasteiger partial charge in [-0.1, -0.05) is 19.1 Å². The zero-order valence-corrected chi connectivity index (χ0v) is 18.2. The molecule has 0 radical (unpaired) electrons. The first-order chi connectivity index (χ1) is 15.7. The van der Waals surface area contributed by atoms with E-state index in [2.05, 4.69) is 6.92 Å². The van der Waals surface area contributed by atoms with E-state index >= 15 is 0 Å². The fourth-order valence-corrected chi connectivity index (χ4v) is 4.19. The van der Waals surface area contributed by atoms with E-state index in [1.807, 2.05) is 4.90 Å². The van der Waals surface area contributed by atoms with Crippen LogP contribution in [-0.4, -0.2) is 30.2 Å². The number of benzene rings is 2. The highest BCUT2D eigenvalue weighted by Gasteiger charge is 2.41. The number of alkyl halides is 3. The van der Waals surface area contributed by atoms with Crippen molar-refractivity contribution in [3.05, 3.63) is 57.9 Å². The predicted molar refractivity (Wildman–Crippen MR) is 116 cm³/mol. The van der Waals surface area contributed by atoms with Crippen LogP contribution in [0.2, 0.25) is 0 Å². The first kappa shape index (κ1) is 23.0. The molecule has 1 aliphatic heterocycles. The van der Waals surface area contributed by atoms with Crippen molar-refractivity contribution in [1.82, 2.24) is 4.90 Å². The Bertz CT molecular complexity index is 1220. The van der Waals surface area contributed by atoms with E-state index in [4.69, 9.17) is 13.9 Å². The Labute approximate surface area is 188 Å². The SMILES string of the molecule is COc1ccccc1Oc1c(C(F)(F)F)oc2c(CN3CCC[C@@H](C)C3)c(O)ccc2c1=O. The number of methoxy groups -OCH3 is 1. The molecule has 1 atom stereocenters. The molecule has 0 aliphatic carbocycles. The smallest absolute Gasteiger partial charge is 0.453 e. The topological polar surface area (TPSA) is 72.1 Å². The normalized spacial score (nSPS) is 17.3. The molecule has 1 fully saturated rings. The standard InChI is InChI=1S/C24H24F3NO5/c1-14-6-5-11-28(12-14)13-16-17(29)10-9-15-20(30)22(23(24(25,26)27)33-21(15)16)32-19-8-4-3-7-18(19)31-2/h3-4,7-10,14,29H,5-6,11-13H2,1-2H3/t14-/m1/s1. The van der Waals surface area contributed by atoms with Crippen LogP contribution in [0.25, 0.3) is 11.0 Å². The fraction of sp³-hybridized carbons (Fsp3) is 0.375. The van der Waals surface area contributed by atoms with Crippen LogP contribution in [0.5, 0.6) is 23.0 Å². The number of aromatic hydroxyl groups is 1.